The van der Waals surface area contributed by atoms with Gasteiger partial charge >= 0.3 is 5.97 Å². The van der Waals surface area contributed by atoms with Crippen LogP contribution in [0.25, 0.3) is 0 Å². The lowest BCUT2D eigenvalue weighted by Crippen LogP contribution is -2.26. The molecule has 5 nitrogen and oxygen atoms in total. The minimum atomic E-state index is -0.995. The quantitative estimate of drug-likeness (QED) is 0.781. The third-order valence-electron chi connectivity index (χ3n) is 2.85. The number of aromatic nitrogens is 1. The summed E-state index contributed by atoms with van der Waals surface area (Å²) in [7, 11) is 0. The van der Waals surface area contributed by atoms with Gasteiger partial charge in [0.25, 0.3) is 0 Å². The van der Waals surface area contributed by atoms with Gasteiger partial charge in [-0.15, -0.1) is 0 Å². The summed E-state index contributed by atoms with van der Waals surface area (Å²) in [6.07, 6.45) is 1.47. The Labute approximate surface area is 87.7 Å². The number of nitrogens with zero attached hydrogens (tertiary/aromatic N) is 2. The van der Waals surface area contributed by atoms with Crippen LogP contribution in [0.4, 0.5) is 0 Å². The topological polar surface area (TPSA) is 66.6 Å². The highest BCUT2D eigenvalue weighted by molar-refractivity contribution is 5.87. The summed E-state index contributed by atoms with van der Waals surface area (Å²) in [5, 5.41) is 12.5. The van der Waals surface area contributed by atoms with Gasteiger partial charge in [0.1, 0.15) is 5.76 Å². The first kappa shape index (κ1) is 10.2. The lowest BCUT2D eigenvalue weighted by atomic mass is 10.1. The van der Waals surface area contributed by atoms with Crippen LogP contribution in [0.2, 0.25) is 0 Å². The molecule has 0 atom stereocenters. The maximum Gasteiger partial charge on any atom is 0.358 e. The molecule has 0 aromatic carbocycles. The normalized spacial score (nSPS) is 17.1. The van der Waals surface area contributed by atoms with Crippen LogP contribution in [-0.4, -0.2) is 40.8 Å². The predicted octanol–water partition coefficient (Wildman–Crippen LogP) is 0.793. The third kappa shape index (κ3) is 1.87. The van der Waals surface area contributed by atoms with Crippen molar-refractivity contribution in [2.45, 2.75) is 19.8 Å². The molecule has 15 heavy (non-hydrogen) atoms. The molecule has 82 valence electrons. The summed E-state index contributed by atoms with van der Waals surface area (Å²) in [6, 6.07) is 0. The molecule has 1 N–H and O–H groups in total. The molecule has 5 heteroatoms. The number of carboxylic acid groups (broad SMARTS) is 1. The first-order chi connectivity index (χ1) is 7.22. The lowest BCUT2D eigenvalue weighted by molar-refractivity contribution is 0.0684. The van der Waals surface area contributed by atoms with Crippen LogP contribution in [0.15, 0.2) is 4.52 Å². The van der Waals surface area contributed by atoms with E-state index in [1.165, 1.54) is 0 Å². The molecule has 0 fully saturated rings. The maximum absolute atomic E-state index is 10.9. The first-order valence-corrected chi connectivity index (χ1v) is 5.15. The van der Waals surface area contributed by atoms with Crippen molar-refractivity contribution in [2.75, 3.05) is 19.6 Å². The van der Waals surface area contributed by atoms with Crippen molar-refractivity contribution >= 4 is 5.97 Å². The molecular weight excluding hydrogens is 196 g/mol. The maximum atomic E-state index is 10.9. The number of fused-ring (bicyclic) bond motifs is 1. The van der Waals surface area contributed by atoms with E-state index in [1.807, 2.05) is 0 Å². The Morgan fingerprint density at radius 3 is 2.93 bits per heavy atom. The van der Waals surface area contributed by atoms with Gasteiger partial charge in [0.15, 0.2) is 5.69 Å². The average Bonchev–Trinajstić information content (AvgIpc) is 2.52. The zero-order valence-corrected chi connectivity index (χ0v) is 8.69. The van der Waals surface area contributed by atoms with E-state index < -0.39 is 5.97 Å². The van der Waals surface area contributed by atoms with Crippen LogP contribution in [0.3, 0.4) is 0 Å². The molecule has 1 aliphatic heterocycles. The second kappa shape index (κ2) is 4.02. The second-order valence-electron chi connectivity index (χ2n) is 3.67. The fraction of sp³-hybridized carbons (Fsp3) is 0.600. The van der Waals surface area contributed by atoms with Gasteiger partial charge < -0.3 is 14.5 Å². The molecule has 0 bridgehead atoms. The van der Waals surface area contributed by atoms with E-state index in [9.17, 15) is 4.79 Å². The molecule has 0 aliphatic carbocycles. The minimum absolute atomic E-state index is 0.0861. The molecule has 2 heterocycles. The van der Waals surface area contributed by atoms with Crippen molar-refractivity contribution in [3.05, 3.63) is 17.0 Å². The molecule has 0 saturated carbocycles. The predicted molar refractivity (Wildman–Crippen MR) is 53.0 cm³/mol. The van der Waals surface area contributed by atoms with E-state index in [1.54, 1.807) is 0 Å². The molecule has 0 spiro atoms. The Bertz CT molecular complexity index is 373. The SMILES string of the molecule is CCN1CCc2onc(C(=O)O)c2CC1. The Hall–Kier alpha value is -1.36. The summed E-state index contributed by atoms with van der Waals surface area (Å²) >= 11 is 0. The van der Waals surface area contributed by atoms with E-state index >= 15 is 0 Å². The van der Waals surface area contributed by atoms with Gasteiger partial charge in [0.05, 0.1) is 0 Å². The average molecular weight is 210 g/mol. The van der Waals surface area contributed by atoms with Gasteiger partial charge in [-0.25, -0.2) is 4.79 Å². The van der Waals surface area contributed by atoms with Gasteiger partial charge in [-0.2, -0.15) is 0 Å². The van der Waals surface area contributed by atoms with Gasteiger partial charge in [-0.1, -0.05) is 12.1 Å². The number of carbonyl (C=O) groups is 1. The first-order valence-electron chi connectivity index (χ1n) is 5.15. The summed E-state index contributed by atoms with van der Waals surface area (Å²) in [5.41, 5.74) is 0.862. The minimum Gasteiger partial charge on any atom is -0.476 e. The highest BCUT2D eigenvalue weighted by atomic mass is 16.5. The number of likely N-dealkylation sites (N-methyl/N-ethyl adjacent to an activating group) is 1. The molecular formula is C10H14N2O3. The van der Waals surface area contributed by atoms with Gasteiger partial charge in [-0.05, 0) is 13.0 Å². The van der Waals surface area contributed by atoms with Crippen molar-refractivity contribution < 1.29 is 14.4 Å². The summed E-state index contributed by atoms with van der Waals surface area (Å²) in [6.45, 7) is 4.88. The zero-order chi connectivity index (χ0) is 10.8. The van der Waals surface area contributed by atoms with Crippen molar-refractivity contribution in [3.8, 4) is 0 Å². The Kier molecular flexibility index (Phi) is 2.73. The molecule has 1 aromatic heterocycles. The highest BCUT2D eigenvalue weighted by Gasteiger charge is 2.24. The second-order valence-corrected chi connectivity index (χ2v) is 3.67. The zero-order valence-electron chi connectivity index (χ0n) is 8.69. The fourth-order valence-electron chi connectivity index (χ4n) is 1.92. The molecule has 0 radical (unpaired) electrons. The smallest absolute Gasteiger partial charge is 0.358 e. The van der Waals surface area contributed by atoms with Crippen molar-refractivity contribution in [2.24, 2.45) is 0 Å². The molecule has 0 amide bonds. The molecule has 1 aliphatic rings. The third-order valence-corrected chi connectivity index (χ3v) is 2.85. The standard InChI is InChI=1S/C10H14N2O3/c1-2-12-5-3-7-8(4-6-12)15-11-9(7)10(13)14/h2-6H2,1H3,(H,13,14). The largest absolute Gasteiger partial charge is 0.476 e. The summed E-state index contributed by atoms with van der Waals surface area (Å²) in [5.74, 6) is -0.256. The van der Waals surface area contributed by atoms with E-state index in [4.69, 9.17) is 9.63 Å². The van der Waals surface area contributed by atoms with Gasteiger partial charge in [0.2, 0.25) is 0 Å². The lowest BCUT2D eigenvalue weighted by Gasteiger charge is -2.16. The van der Waals surface area contributed by atoms with Crippen LogP contribution < -0.4 is 0 Å². The Balaban J connectivity index is 2.25. The number of carboxylic acids is 1. The molecule has 2 rings (SSSR count). The van der Waals surface area contributed by atoms with Crippen LogP contribution in [0, 0.1) is 0 Å². The van der Waals surface area contributed by atoms with E-state index in [0.717, 1.165) is 37.4 Å². The van der Waals surface area contributed by atoms with Crippen molar-refractivity contribution in [3.63, 3.8) is 0 Å². The highest BCUT2D eigenvalue weighted by Crippen LogP contribution is 2.19. The monoisotopic (exact) mass is 210 g/mol. The Morgan fingerprint density at radius 1 is 1.53 bits per heavy atom. The van der Waals surface area contributed by atoms with E-state index in [2.05, 4.69) is 17.0 Å². The van der Waals surface area contributed by atoms with Crippen molar-refractivity contribution in [1.82, 2.24) is 10.1 Å². The van der Waals surface area contributed by atoms with Crippen LogP contribution >= 0.6 is 0 Å². The van der Waals surface area contributed by atoms with E-state index in [-0.39, 0.29) is 5.69 Å². The molecule has 0 saturated heterocycles. The number of rotatable bonds is 2. The summed E-state index contributed by atoms with van der Waals surface area (Å²) < 4.78 is 5.06. The van der Waals surface area contributed by atoms with Crippen LogP contribution in [0.1, 0.15) is 28.7 Å². The van der Waals surface area contributed by atoms with Gasteiger partial charge in [0, 0.05) is 25.1 Å². The van der Waals surface area contributed by atoms with Gasteiger partial charge in [-0.3, -0.25) is 0 Å². The fourth-order valence-corrected chi connectivity index (χ4v) is 1.92. The van der Waals surface area contributed by atoms with Crippen LogP contribution in [-0.2, 0) is 12.8 Å². The molecule has 1 aromatic rings. The van der Waals surface area contributed by atoms with Crippen molar-refractivity contribution in [1.29, 1.82) is 0 Å². The number of hydrogen-bond acceptors (Lipinski definition) is 4. The Morgan fingerprint density at radius 2 is 2.27 bits per heavy atom. The summed E-state index contributed by atoms with van der Waals surface area (Å²) in [4.78, 5) is 13.1. The number of aromatic carboxylic acids is 1. The molecule has 0 unspecified atom stereocenters. The number of hydrogen-bond donors (Lipinski definition) is 1. The van der Waals surface area contributed by atoms with E-state index in [0.29, 0.717) is 6.42 Å². The van der Waals surface area contributed by atoms with Crippen LogP contribution in [0.5, 0.6) is 0 Å².